The molecule has 0 spiro atoms. The molecule has 0 rings (SSSR count). The van der Waals surface area contributed by atoms with Gasteiger partial charge in [-0.2, -0.15) is 0 Å². The molecule has 0 unspecified atom stereocenters. The maximum atomic E-state index is 10.6. The Morgan fingerprint density at radius 2 is 1.81 bits per heavy atom. The first kappa shape index (κ1) is 17.0. The minimum Gasteiger partial charge on any atom is -0.481 e. The maximum Gasteiger partial charge on any atom is 0.330 e. The Morgan fingerprint density at radius 3 is 2.12 bits per heavy atom. The predicted octanol–water partition coefficient (Wildman–Crippen LogP) is 1.15. The fraction of sp³-hybridized carbons (Fsp3) is 0.636. The summed E-state index contributed by atoms with van der Waals surface area (Å²) >= 11 is 0. The monoisotopic (exact) mass is 231 g/mol. The number of likely N-dealkylation sites (N-methyl/N-ethyl adjacent to an activating group) is 1. The van der Waals surface area contributed by atoms with E-state index in [-0.39, 0.29) is 5.97 Å². The van der Waals surface area contributed by atoms with Crippen molar-refractivity contribution in [1.29, 1.82) is 0 Å². The SMILES string of the molecule is C=CC(=O)OCCN(CC)CC.CC(=O)O. The van der Waals surface area contributed by atoms with Crippen LogP contribution in [0.1, 0.15) is 20.8 Å². The molecule has 0 aromatic carbocycles. The van der Waals surface area contributed by atoms with E-state index in [1.54, 1.807) is 0 Å². The summed E-state index contributed by atoms with van der Waals surface area (Å²) in [7, 11) is 0. The summed E-state index contributed by atoms with van der Waals surface area (Å²) in [5.74, 6) is -1.18. The second-order valence-corrected chi connectivity index (χ2v) is 2.92. The highest BCUT2D eigenvalue weighted by atomic mass is 16.5. The Hall–Kier alpha value is -1.36. The van der Waals surface area contributed by atoms with Gasteiger partial charge in [0.1, 0.15) is 6.61 Å². The zero-order valence-corrected chi connectivity index (χ0v) is 10.2. The minimum absolute atomic E-state index is 0.345. The van der Waals surface area contributed by atoms with E-state index in [1.165, 1.54) is 6.08 Å². The fourth-order valence-electron chi connectivity index (χ4n) is 0.874. The molecule has 16 heavy (non-hydrogen) atoms. The summed E-state index contributed by atoms with van der Waals surface area (Å²) in [4.78, 5) is 21.8. The third-order valence-electron chi connectivity index (χ3n) is 1.71. The second-order valence-electron chi connectivity index (χ2n) is 2.92. The second kappa shape index (κ2) is 11.7. The van der Waals surface area contributed by atoms with Crippen LogP contribution in [0.5, 0.6) is 0 Å². The van der Waals surface area contributed by atoms with Crippen LogP contribution < -0.4 is 0 Å². The van der Waals surface area contributed by atoms with E-state index in [1.807, 2.05) is 0 Å². The van der Waals surface area contributed by atoms with Crippen LogP contribution in [0, 0.1) is 0 Å². The third-order valence-corrected chi connectivity index (χ3v) is 1.71. The Labute approximate surface area is 96.7 Å². The number of nitrogens with zero attached hydrogens (tertiary/aromatic N) is 1. The number of carbonyl (C=O) groups excluding carboxylic acids is 1. The van der Waals surface area contributed by atoms with E-state index in [4.69, 9.17) is 14.6 Å². The highest BCUT2D eigenvalue weighted by Gasteiger charge is 1.99. The number of carboxylic acids is 1. The molecule has 0 bridgehead atoms. The topological polar surface area (TPSA) is 66.8 Å². The molecule has 0 saturated heterocycles. The van der Waals surface area contributed by atoms with Gasteiger partial charge in [0, 0.05) is 19.5 Å². The molecule has 0 aliphatic rings. The molecule has 0 aromatic rings. The molecule has 1 N–H and O–H groups in total. The molecule has 94 valence electrons. The first-order valence-corrected chi connectivity index (χ1v) is 5.18. The highest BCUT2D eigenvalue weighted by Crippen LogP contribution is 1.87. The summed E-state index contributed by atoms with van der Waals surface area (Å²) in [6.45, 7) is 11.8. The average molecular weight is 231 g/mol. The number of hydrogen-bond acceptors (Lipinski definition) is 4. The van der Waals surface area contributed by atoms with Crippen molar-refractivity contribution in [2.45, 2.75) is 20.8 Å². The smallest absolute Gasteiger partial charge is 0.330 e. The summed E-state index contributed by atoms with van der Waals surface area (Å²) in [5.41, 5.74) is 0. The van der Waals surface area contributed by atoms with Crippen molar-refractivity contribution in [1.82, 2.24) is 4.90 Å². The number of carboxylic acid groups (broad SMARTS) is 1. The molecule has 0 aliphatic carbocycles. The predicted molar refractivity (Wildman–Crippen MR) is 62.3 cm³/mol. The zero-order valence-electron chi connectivity index (χ0n) is 10.2. The van der Waals surface area contributed by atoms with Gasteiger partial charge in [-0.1, -0.05) is 20.4 Å². The largest absolute Gasteiger partial charge is 0.481 e. The van der Waals surface area contributed by atoms with Gasteiger partial charge in [-0.15, -0.1) is 0 Å². The maximum absolute atomic E-state index is 10.6. The Morgan fingerprint density at radius 1 is 1.38 bits per heavy atom. The number of aliphatic carboxylic acids is 1. The van der Waals surface area contributed by atoms with E-state index in [2.05, 4.69) is 25.3 Å². The van der Waals surface area contributed by atoms with Crippen molar-refractivity contribution in [3.8, 4) is 0 Å². The number of hydrogen-bond donors (Lipinski definition) is 1. The van der Waals surface area contributed by atoms with E-state index in [0.717, 1.165) is 26.6 Å². The minimum atomic E-state index is -0.833. The summed E-state index contributed by atoms with van der Waals surface area (Å²) in [5, 5.41) is 7.42. The molecule has 0 amide bonds. The molecule has 0 heterocycles. The average Bonchev–Trinajstić information content (AvgIpc) is 2.23. The first-order chi connectivity index (χ1) is 7.47. The summed E-state index contributed by atoms with van der Waals surface area (Å²) < 4.78 is 4.83. The van der Waals surface area contributed by atoms with Crippen molar-refractivity contribution in [2.75, 3.05) is 26.2 Å². The number of rotatable bonds is 6. The van der Waals surface area contributed by atoms with Crippen molar-refractivity contribution in [2.24, 2.45) is 0 Å². The summed E-state index contributed by atoms with van der Waals surface area (Å²) in [6.07, 6.45) is 1.18. The van der Waals surface area contributed by atoms with E-state index in [0.29, 0.717) is 6.61 Å². The van der Waals surface area contributed by atoms with Gasteiger partial charge in [0.25, 0.3) is 5.97 Å². The number of ether oxygens (including phenoxy) is 1. The van der Waals surface area contributed by atoms with Gasteiger partial charge in [0.2, 0.25) is 0 Å². The highest BCUT2D eigenvalue weighted by molar-refractivity contribution is 5.81. The van der Waals surface area contributed by atoms with Crippen molar-refractivity contribution in [3.05, 3.63) is 12.7 Å². The van der Waals surface area contributed by atoms with Gasteiger partial charge in [0.15, 0.2) is 0 Å². The molecule has 0 atom stereocenters. The molecule has 0 aromatic heterocycles. The van der Waals surface area contributed by atoms with Crippen molar-refractivity contribution >= 4 is 11.9 Å². The van der Waals surface area contributed by atoms with E-state index in [9.17, 15) is 4.79 Å². The van der Waals surface area contributed by atoms with Gasteiger partial charge >= 0.3 is 5.97 Å². The van der Waals surface area contributed by atoms with E-state index < -0.39 is 5.97 Å². The lowest BCUT2D eigenvalue weighted by Crippen LogP contribution is -2.27. The van der Waals surface area contributed by atoms with Crippen LogP contribution in [0.25, 0.3) is 0 Å². The van der Waals surface area contributed by atoms with Gasteiger partial charge < -0.3 is 14.7 Å². The lowest BCUT2D eigenvalue weighted by Gasteiger charge is -2.16. The molecule has 0 radical (unpaired) electrons. The van der Waals surface area contributed by atoms with Crippen LogP contribution in [0.2, 0.25) is 0 Å². The van der Waals surface area contributed by atoms with Crippen LogP contribution in [0.3, 0.4) is 0 Å². The lowest BCUT2D eigenvalue weighted by molar-refractivity contribution is -0.138. The first-order valence-electron chi connectivity index (χ1n) is 5.18. The Kier molecular flexibility index (Phi) is 12.5. The van der Waals surface area contributed by atoms with Gasteiger partial charge in [-0.05, 0) is 13.1 Å². The lowest BCUT2D eigenvalue weighted by atomic mass is 10.5. The van der Waals surface area contributed by atoms with Crippen LogP contribution in [-0.4, -0.2) is 48.2 Å². The standard InChI is InChI=1S/C9H17NO2.C2H4O2/c1-4-9(11)12-8-7-10(5-2)6-3;1-2(3)4/h4H,1,5-8H2,2-3H3;1H3,(H,3,4). The fourth-order valence-corrected chi connectivity index (χ4v) is 0.874. The molecule has 0 fully saturated rings. The van der Waals surface area contributed by atoms with Gasteiger partial charge in [0.05, 0.1) is 0 Å². The van der Waals surface area contributed by atoms with Crippen molar-refractivity contribution < 1.29 is 19.4 Å². The molecular weight excluding hydrogens is 210 g/mol. The van der Waals surface area contributed by atoms with Crippen LogP contribution in [0.15, 0.2) is 12.7 Å². The van der Waals surface area contributed by atoms with Crippen LogP contribution in [0.4, 0.5) is 0 Å². The van der Waals surface area contributed by atoms with Crippen molar-refractivity contribution in [3.63, 3.8) is 0 Å². The zero-order chi connectivity index (χ0) is 13.0. The molecule has 0 saturated carbocycles. The van der Waals surface area contributed by atoms with E-state index >= 15 is 0 Å². The summed E-state index contributed by atoms with van der Waals surface area (Å²) in [6, 6.07) is 0. The Balaban J connectivity index is 0. The molecule has 5 nitrogen and oxygen atoms in total. The van der Waals surface area contributed by atoms with Crippen LogP contribution >= 0.6 is 0 Å². The normalized spacial score (nSPS) is 9.00. The van der Waals surface area contributed by atoms with Crippen LogP contribution in [-0.2, 0) is 14.3 Å². The molecule has 0 aliphatic heterocycles. The number of esters is 1. The quantitative estimate of drug-likeness (QED) is 0.548. The number of carbonyl (C=O) groups is 2. The van der Waals surface area contributed by atoms with Gasteiger partial charge in [-0.25, -0.2) is 4.79 Å². The third kappa shape index (κ3) is 15.1. The Bertz CT molecular complexity index is 208. The molecular formula is C11H21NO4. The molecule has 5 heteroatoms. The van der Waals surface area contributed by atoms with Gasteiger partial charge in [-0.3, -0.25) is 4.79 Å².